The van der Waals surface area contributed by atoms with Crippen molar-refractivity contribution in [3.63, 3.8) is 0 Å². The maximum atomic E-state index is 15.0. The third-order valence-electron chi connectivity index (χ3n) is 5.84. The Kier molecular flexibility index (Phi) is 10.1. The number of hydrogen-bond acceptors (Lipinski definition) is 6. The summed E-state index contributed by atoms with van der Waals surface area (Å²) in [6.45, 7) is 14.3. The molecule has 11 heteroatoms. The Hall–Kier alpha value is -2.53. The van der Waals surface area contributed by atoms with Crippen molar-refractivity contribution in [3.05, 3.63) is 45.4 Å². The van der Waals surface area contributed by atoms with Gasteiger partial charge in [0.2, 0.25) is 5.91 Å². The second-order valence-corrected chi connectivity index (χ2v) is 13.8. The van der Waals surface area contributed by atoms with Crippen molar-refractivity contribution in [2.24, 2.45) is 10.8 Å². The van der Waals surface area contributed by atoms with Gasteiger partial charge in [0.05, 0.1) is 21.5 Å². The molecule has 0 spiro atoms. The van der Waals surface area contributed by atoms with E-state index < -0.39 is 11.9 Å². The fourth-order valence-electron chi connectivity index (χ4n) is 4.40. The number of rotatable bonds is 9. The molecule has 0 unspecified atom stereocenters. The van der Waals surface area contributed by atoms with Gasteiger partial charge in [0.1, 0.15) is 18.5 Å². The molecule has 1 atom stereocenters. The normalized spacial score (nSPS) is 15.4. The second-order valence-electron chi connectivity index (χ2n) is 12.1. The molecule has 0 saturated carbocycles. The first-order chi connectivity index (χ1) is 18.1. The van der Waals surface area contributed by atoms with Crippen LogP contribution in [0.4, 0.5) is 15.8 Å². The summed E-state index contributed by atoms with van der Waals surface area (Å²) >= 11 is 7.16. The van der Waals surface area contributed by atoms with Crippen molar-refractivity contribution in [3.8, 4) is 0 Å². The summed E-state index contributed by atoms with van der Waals surface area (Å²) in [7, 11) is 0. The van der Waals surface area contributed by atoms with E-state index in [1.165, 1.54) is 17.0 Å². The average molecular weight is 581 g/mol. The minimum atomic E-state index is -0.730. The number of morpholine rings is 1. The van der Waals surface area contributed by atoms with Crippen LogP contribution in [0.2, 0.25) is 4.34 Å². The van der Waals surface area contributed by atoms with Crippen molar-refractivity contribution in [2.45, 2.75) is 47.6 Å². The van der Waals surface area contributed by atoms with Crippen LogP contribution in [0.15, 0.2) is 30.3 Å². The summed E-state index contributed by atoms with van der Waals surface area (Å²) in [5.74, 6) is -1.63. The van der Waals surface area contributed by atoms with Crippen molar-refractivity contribution in [1.29, 1.82) is 0 Å². The molecule has 8 nitrogen and oxygen atoms in total. The summed E-state index contributed by atoms with van der Waals surface area (Å²) in [6, 6.07) is 6.82. The molecule has 1 aromatic heterocycles. The molecule has 214 valence electrons. The molecular formula is C28H38ClFN4O4S. The highest BCUT2D eigenvalue weighted by molar-refractivity contribution is 7.18. The third-order valence-corrected chi connectivity index (χ3v) is 7.07. The van der Waals surface area contributed by atoms with Crippen LogP contribution in [0.3, 0.4) is 0 Å². The first kappa shape index (κ1) is 31.0. The van der Waals surface area contributed by atoms with Gasteiger partial charge in [0, 0.05) is 31.9 Å². The van der Waals surface area contributed by atoms with E-state index in [0.29, 0.717) is 28.9 Å². The largest absolute Gasteiger partial charge is 0.370 e. The number of carbonyl (C=O) groups is 3. The molecule has 2 heterocycles. The first-order valence-corrected chi connectivity index (χ1v) is 14.1. The van der Waals surface area contributed by atoms with E-state index in [1.54, 1.807) is 18.2 Å². The number of benzene rings is 1. The zero-order valence-corrected chi connectivity index (χ0v) is 25.0. The molecule has 0 bridgehead atoms. The molecule has 39 heavy (non-hydrogen) atoms. The molecule has 1 aliphatic heterocycles. The van der Waals surface area contributed by atoms with Gasteiger partial charge in [-0.05, 0) is 41.2 Å². The van der Waals surface area contributed by atoms with Gasteiger partial charge in [-0.25, -0.2) is 4.39 Å². The highest BCUT2D eigenvalue weighted by atomic mass is 35.5. The zero-order valence-electron chi connectivity index (χ0n) is 23.4. The number of halogens is 2. The number of carbonyl (C=O) groups excluding carboxylic acids is 3. The minimum absolute atomic E-state index is 0.0508. The molecule has 3 amide bonds. The van der Waals surface area contributed by atoms with E-state index in [9.17, 15) is 14.4 Å². The van der Waals surface area contributed by atoms with E-state index in [4.69, 9.17) is 16.3 Å². The van der Waals surface area contributed by atoms with Crippen molar-refractivity contribution >= 4 is 52.0 Å². The second kappa shape index (κ2) is 12.8. The van der Waals surface area contributed by atoms with Crippen LogP contribution in [0, 0.1) is 16.6 Å². The fraction of sp³-hybridized carbons (Fsp3) is 0.536. The first-order valence-electron chi connectivity index (χ1n) is 12.9. The van der Waals surface area contributed by atoms with Gasteiger partial charge >= 0.3 is 0 Å². The van der Waals surface area contributed by atoms with Crippen molar-refractivity contribution < 1.29 is 23.5 Å². The molecular weight excluding hydrogens is 543 g/mol. The Morgan fingerprint density at radius 1 is 1.13 bits per heavy atom. The van der Waals surface area contributed by atoms with E-state index >= 15 is 4.39 Å². The van der Waals surface area contributed by atoms with Crippen molar-refractivity contribution in [2.75, 3.05) is 49.6 Å². The smallest absolute Gasteiger partial charge is 0.261 e. The van der Waals surface area contributed by atoms with Gasteiger partial charge in [-0.15, -0.1) is 11.3 Å². The van der Waals surface area contributed by atoms with E-state index in [2.05, 4.69) is 57.1 Å². The van der Waals surface area contributed by atoms with Crippen LogP contribution in [0.1, 0.15) is 51.2 Å². The van der Waals surface area contributed by atoms with Crippen LogP contribution in [-0.4, -0.2) is 68.1 Å². The molecule has 1 fully saturated rings. The average Bonchev–Trinajstić information content (AvgIpc) is 3.24. The molecule has 1 aliphatic rings. The van der Waals surface area contributed by atoms with E-state index in [-0.39, 0.29) is 59.6 Å². The Morgan fingerprint density at radius 3 is 2.33 bits per heavy atom. The number of ether oxygens (including phenoxy) is 1. The fourth-order valence-corrected chi connectivity index (χ4v) is 5.36. The predicted octanol–water partition coefficient (Wildman–Crippen LogP) is 5.04. The summed E-state index contributed by atoms with van der Waals surface area (Å²) < 4.78 is 20.7. The molecule has 2 aromatic rings. The van der Waals surface area contributed by atoms with E-state index in [0.717, 1.165) is 11.3 Å². The molecule has 2 N–H and O–H groups in total. The lowest BCUT2D eigenvalue weighted by Gasteiger charge is -2.39. The predicted molar refractivity (Wildman–Crippen MR) is 154 cm³/mol. The molecule has 1 aromatic carbocycles. The molecule has 1 saturated heterocycles. The number of nitrogens with zero attached hydrogens (tertiary/aromatic N) is 2. The van der Waals surface area contributed by atoms with Gasteiger partial charge in [0.25, 0.3) is 11.8 Å². The van der Waals surface area contributed by atoms with Crippen LogP contribution >= 0.6 is 22.9 Å². The van der Waals surface area contributed by atoms with Crippen molar-refractivity contribution in [1.82, 2.24) is 10.2 Å². The molecule has 3 rings (SSSR count). The van der Waals surface area contributed by atoms with Gasteiger partial charge < -0.3 is 20.3 Å². The number of nitrogens with one attached hydrogen (secondary N) is 2. The van der Waals surface area contributed by atoms with Gasteiger partial charge in [-0.1, -0.05) is 53.1 Å². The monoisotopic (exact) mass is 580 g/mol. The maximum Gasteiger partial charge on any atom is 0.261 e. The lowest BCUT2D eigenvalue weighted by molar-refractivity contribution is -0.125. The van der Waals surface area contributed by atoms with Gasteiger partial charge in [-0.3, -0.25) is 19.3 Å². The van der Waals surface area contributed by atoms with Crippen LogP contribution in [-0.2, 0) is 14.3 Å². The highest BCUT2D eigenvalue weighted by Crippen LogP contribution is 2.27. The number of thiophene rings is 1. The Bertz CT molecular complexity index is 1170. The van der Waals surface area contributed by atoms with Gasteiger partial charge in [0.15, 0.2) is 0 Å². The number of amides is 3. The number of anilines is 2. The third kappa shape index (κ3) is 9.27. The van der Waals surface area contributed by atoms with Crippen LogP contribution < -0.4 is 15.5 Å². The van der Waals surface area contributed by atoms with Gasteiger partial charge in [-0.2, -0.15) is 0 Å². The molecule has 0 radical (unpaired) electrons. The lowest BCUT2D eigenvalue weighted by atomic mass is 9.90. The zero-order chi connectivity index (χ0) is 29.0. The highest BCUT2D eigenvalue weighted by Gasteiger charge is 2.33. The SMILES string of the molecule is CC(C)(C)CN(CC(C)(C)C)[C@H](CNC(=O)c1ccc(Cl)s1)C(=O)Nc1ccc(N2CCOCC2=O)c(F)c1. The maximum absolute atomic E-state index is 15.0. The van der Waals surface area contributed by atoms with Crippen LogP contribution in [0.25, 0.3) is 0 Å². The topological polar surface area (TPSA) is 91.0 Å². The summed E-state index contributed by atoms with van der Waals surface area (Å²) in [4.78, 5) is 42.5. The molecule has 0 aliphatic carbocycles. The lowest BCUT2D eigenvalue weighted by Crippen LogP contribution is -2.54. The number of hydrogen-bond donors (Lipinski definition) is 2. The summed E-state index contributed by atoms with van der Waals surface area (Å²) in [5, 5.41) is 5.70. The standard InChI is InChI=1S/C28H38ClFN4O4S/c1-27(2,3)16-33(17-28(4,5)6)21(14-31-26(37)22-9-10-23(29)39-22)25(36)32-18-7-8-20(19(30)13-18)34-11-12-38-15-24(34)35/h7-10,13,21H,11-12,14-17H2,1-6H3,(H,31,37)(H,32,36)/t21-/m1/s1. The van der Waals surface area contributed by atoms with Crippen LogP contribution in [0.5, 0.6) is 0 Å². The van der Waals surface area contributed by atoms with E-state index in [1.807, 2.05) is 0 Å². The minimum Gasteiger partial charge on any atom is -0.370 e. The quantitative estimate of drug-likeness (QED) is 0.434. The summed E-state index contributed by atoms with van der Waals surface area (Å²) in [6.07, 6.45) is 0. The summed E-state index contributed by atoms with van der Waals surface area (Å²) in [5.41, 5.74) is 0.137. The Balaban J connectivity index is 1.84. The Morgan fingerprint density at radius 2 is 1.79 bits per heavy atom. The Labute approximate surface area is 238 Å².